The third-order valence-electron chi connectivity index (χ3n) is 2.15. The van der Waals surface area contributed by atoms with Gasteiger partial charge in [-0.2, -0.15) is 0 Å². The number of aliphatic carboxylic acids is 1. The third-order valence-corrected chi connectivity index (χ3v) is 3.39. The normalized spacial score (nSPS) is 13.1. The molecule has 17 heavy (non-hydrogen) atoms. The Bertz CT molecular complexity index is 512. The van der Waals surface area contributed by atoms with Crippen LogP contribution in [0.15, 0.2) is 24.3 Å². The highest BCUT2D eigenvalue weighted by Crippen LogP contribution is 2.20. The lowest BCUT2D eigenvalue weighted by Crippen LogP contribution is -2.42. The van der Waals surface area contributed by atoms with Gasteiger partial charge in [0.2, 0.25) is 10.0 Å². The van der Waals surface area contributed by atoms with Gasteiger partial charge in [0.05, 0.1) is 11.9 Å². The molecule has 0 aliphatic carbocycles. The number of halogens is 1. The molecule has 0 saturated carbocycles. The SMILES string of the molecule is C[C@@H](C(=O)O)N(c1ccc(F)cc1)S(C)(=O)=O. The van der Waals surface area contributed by atoms with E-state index in [-0.39, 0.29) is 5.69 Å². The largest absolute Gasteiger partial charge is 0.480 e. The van der Waals surface area contributed by atoms with Crippen LogP contribution in [0.4, 0.5) is 10.1 Å². The molecule has 5 nitrogen and oxygen atoms in total. The lowest BCUT2D eigenvalue weighted by Gasteiger charge is -2.26. The van der Waals surface area contributed by atoms with Gasteiger partial charge in [0.25, 0.3) is 0 Å². The van der Waals surface area contributed by atoms with Crippen molar-refractivity contribution in [3.8, 4) is 0 Å². The summed E-state index contributed by atoms with van der Waals surface area (Å²) in [7, 11) is -3.75. The van der Waals surface area contributed by atoms with Crippen LogP contribution in [-0.4, -0.2) is 31.8 Å². The molecule has 0 amide bonds. The number of hydrogen-bond donors (Lipinski definition) is 1. The van der Waals surface area contributed by atoms with Gasteiger partial charge in [-0.3, -0.25) is 4.31 Å². The van der Waals surface area contributed by atoms with Crippen LogP contribution in [0, 0.1) is 5.82 Å². The molecule has 0 saturated heterocycles. The number of carbonyl (C=O) groups is 1. The molecule has 1 aromatic rings. The number of carboxylic acid groups (broad SMARTS) is 1. The fourth-order valence-electron chi connectivity index (χ4n) is 1.39. The molecule has 0 heterocycles. The molecule has 1 rings (SSSR count). The monoisotopic (exact) mass is 261 g/mol. The first-order valence-electron chi connectivity index (χ1n) is 4.71. The highest BCUT2D eigenvalue weighted by atomic mass is 32.2. The van der Waals surface area contributed by atoms with Crippen molar-refractivity contribution in [2.24, 2.45) is 0 Å². The van der Waals surface area contributed by atoms with E-state index in [4.69, 9.17) is 5.11 Å². The van der Waals surface area contributed by atoms with Gasteiger partial charge >= 0.3 is 5.97 Å². The lowest BCUT2D eigenvalue weighted by molar-refractivity contribution is -0.137. The second kappa shape index (κ2) is 4.70. The average Bonchev–Trinajstić information content (AvgIpc) is 2.19. The summed E-state index contributed by atoms with van der Waals surface area (Å²) in [5, 5.41) is 8.85. The van der Waals surface area contributed by atoms with Crippen molar-refractivity contribution in [2.75, 3.05) is 10.6 Å². The van der Waals surface area contributed by atoms with Gasteiger partial charge in [-0.15, -0.1) is 0 Å². The van der Waals surface area contributed by atoms with Crippen LogP contribution in [0.2, 0.25) is 0 Å². The molecule has 1 aromatic carbocycles. The number of sulfonamides is 1. The van der Waals surface area contributed by atoms with Gasteiger partial charge in [0, 0.05) is 0 Å². The van der Waals surface area contributed by atoms with Crippen LogP contribution in [0.5, 0.6) is 0 Å². The Balaban J connectivity index is 3.25. The van der Waals surface area contributed by atoms with Crippen molar-refractivity contribution in [3.63, 3.8) is 0 Å². The van der Waals surface area contributed by atoms with Gasteiger partial charge in [-0.25, -0.2) is 17.6 Å². The first-order chi connectivity index (χ1) is 7.73. The summed E-state index contributed by atoms with van der Waals surface area (Å²) >= 11 is 0. The molecule has 0 unspecified atom stereocenters. The summed E-state index contributed by atoms with van der Waals surface area (Å²) in [6.45, 7) is 1.24. The standard InChI is InChI=1S/C10H12FNO4S/c1-7(10(13)14)12(17(2,15)16)9-5-3-8(11)4-6-9/h3-7H,1-2H3,(H,13,14)/t7-/m0/s1. The van der Waals surface area contributed by atoms with Crippen LogP contribution < -0.4 is 4.31 Å². The summed E-state index contributed by atoms with van der Waals surface area (Å²) in [5.41, 5.74) is 0.115. The van der Waals surface area contributed by atoms with E-state index in [9.17, 15) is 17.6 Å². The molecule has 0 aliphatic heterocycles. The maximum Gasteiger partial charge on any atom is 0.327 e. The number of benzene rings is 1. The summed E-state index contributed by atoms with van der Waals surface area (Å²) in [6.07, 6.45) is 0.899. The minimum absolute atomic E-state index is 0.115. The number of carboxylic acids is 1. The van der Waals surface area contributed by atoms with Gasteiger partial charge < -0.3 is 5.11 Å². The van der Waals surface area contributed by atoms with Crippen molar-refractivity contribution in [3.05, 3.63) is 30.1 Å². The Hall–Kier alpha value is -1.63. The minimum Gasteiger partial charge on any atom is -0.480 e. The number of rotatable bonds is 4. The van der Waals surface area contributed by atoms with E-state index in [1.807, 2.05) is 0 Å². The highest BCUT2D eigenvalue weighted by molar-refractivity contribution is 7.92. The van der Waals surface area contributed by atoms with Crippen LogP contribution in [0.1, 0.15) is 6.92 Å². The highest BCUT2D eigenvalue weighted by Gasteiger charge is 2.28. The second-order valence-electron chi connectivity index (χ2n) is 3.55. The number of anilines is 1. The van der Waals surface area contributed by atoms with Crippen molar-refractivity contribution in [1.82, 2.24) is 0 Å². The lowest BCUT2D eigenvalue weighted by atomic mass is 10.2. The van der Waals surface area contributed by atoms with Crippen LogP contribution in [-0.2, 0) is 14.8 Å². The molecule has 7 heteroatoms. The maximum absolute atomic E-state index is 12.7. The summed E-state index contributed by atoms with van der Waals surface area (Å²) in [6, 6.07) is 3.32. The quantitative estimate of drug-likeness (QED) is 0.879. The molecule has 0 spiro atoms. The number of nitrogens with zero attached hydrogens (tertiary/aromatic N) is 1. The fourth-order valence-corrected chi connectivity index (χ4v) is 2.56. The third kappa shape index (κ3) is 3.16. The van der Waals surface area contributed by atoms with Crippen molar-refractivity contribution in [1.29, 1.82) is 0 Å². The molecule has 1 atom stereocenters. The van der Waals surface area contributed by atoms with E-state index in [2.05, 4.69) is 0 Å². The molecule has 0 radical (unpaired) electrons. The van der Waals surface area contributed by atoms with Crippen molar-refractivity contribution in [2.45, 2.75) is 13.0 Å². The molecule has 0 aliphatic rings. The summed E-state index contributed by atoms with van der Waals surface area (Å²) < 4.78 is 36.5. The molecular weight excluding hydrogens is 249 g/mol. The predicted molar refractivity (Wildman–Crippen MR) is 60.8 cm³/mol. The first-order valence-corrected chi connectivity index (χ1v) is 6.56. The van der Waals surface area contributed by atoms with Gasteiger partial charge in [0.15, 0.2) is 0 Å². The van der Waals surface area contributed by atoms with Crippen LogP contribution in [0.3, 0.4) is 0 Å². The average molecular weight is 261 g/mol. The minimum atomic E-state index is -3.75. The zero-order chi connectivity index (χ0) is 13.2. The molecule has 0 aromatic heterocycles. The summed E-state index contributed by atoms with van der Waals surface area (Å²) in [5.74, 6) is -1.80. The van der Waals surface area contributed by atoms with E-state index >= 15 is 0 Å². The first kappa shape index (κ1) is 13.4. The Kier molecular flexibility index (Phi) is 3.72. The van der Waals surface area contributed by atoms with Crippen molar-refractivity contribution < 1.29 is 22.7 Å². The molecular formula is C10H12FNO4S. The molecule has 0 fully saturated rings. The smallest absolute Gasteiger partial charge is 0.327 e. The zero-order valence-corrected chi connectivity index (χ0v) is 10.1. The fraction of sp³-hybridized carbons (Fsp3) is 0.300. The predicted octanol–water partition coefficient (Wildman–Crippen LogP) is 1.06. The van der Waals surface area contributed by atoms with E-state index in [0.717, 1.165) is 22.7 Å². The zero-order valence-electron chi connectivity index (χ0n) is 9.29. The Labute approximate surface area is 98.5 Å². The van der Waals surface area contributed by atoms with Gasteiger partial charge in [-0.05, 0) is 31.2 Å². The van der Waals surface area contributed by atoms with Crippen LogP contribution in [0.25, 0.3) is 0 Å². The Morgan fingerprint density at radius 1 is 1.35 bits per heavy atom. The second-order valence-corrected chi connectivity index (χ2v) is 5.41. The van der Waals surface area contributed by atoms with E-state index in [1.165, 1.54) is 19.1 Å². The molecule has 94 valence electrons. The Morgan fingerprint density at radius 3 is 2.18 bits per heavy atom. The number of hydrogen-bond acceptors (Lipinski definition) is 3. The topological polar surface area (TPSA) is 74.7 Å². The van der Waals surface area contributed by atoms with E-state index < -0.39 is 27.9 Å². The molecule has 1 N–H and O–H groups in total. The Morgan fingerprint density at radius 2 is 1.82 bits per heavy atom. The van der Waals surface area contributed by atoms with E-state index in [1.54, 1.807) is 0 Å². The summed E-state index contributed by atoms with van der Waals surface area (Å²) in [4.78, 5) is 10.8. The van der Waals surface area contributed by atoms with Crippen molar-refractivity contribution >= 4 is 21.7 Å². The van der Waals surface area contributed by atoms with E-state index in [0.29, 0.717) is 0 Å². The van der Waals surface area contributed by atoms with Gasteiger partial charge in [0.1, 0.15) is 11.9 Å². The maximum atomic E-state index is 12.7. The molecule has 0 bridgehead atoms. The van der Waals surface area contributed by atoms with Crippen LogP contribution >= 0.6 is 0 Å². The van der Waals surface area contributed by atoms with Gasteiger partial charge in [-0.1, -0.05) is 0 Å².